The third-order valence-corrected chi connectivity index (χ3v) is 3.62. The maximum Gasteiger partial charge on any atom is 0.469 e. The number of ether oxygens (including phenoxy) is 1. The molecule has 1 aliphatic rings. The van der Waals surface area contributed by atoms with Crippen molar-refractivity contribution in [1.29, 1.82) is 0 Å². The second-order valence-corrected chi connectivity index (χ2v) is 5.94. The van der Waals surface area contributed by atoms with Crippen LogP contribution in [0.25, 0.3) is 0 Å². The minimum Gasteiger partial charge on any atom is -0.391 e. The third kappa shape index (κ3) is 3.90. The van der Waals surface area contributed by atoms with E-state index in [1.54, 1.807) is 0 Å². The van der Waals surface area contributed by atoms with Gasteiger partial charge in [0.05, 0.1) is 24.9 Å². The standard InChI is InChI=1S/C10H15N2O9P/c13-3-5-2-12(10(16)11-9(5)15)8-1-6(14)7(21-8)4-20-22(17,18)19/h2,6-8,13-14H,1,3-4H2,(H,11,15,16)(H2,17,18,19)/t6-,7?,8+/m0/s1. The Morgan fingerprint density at radius 2 is 2.14 bits per heavy atom. The highest BCUT2D eigenvalue weighted by molar-refractivity contribution is 7.46. The molecular weight excluding hydrogens is 323 g/mol. The number of aromatic amines is 1. The fraction of sp³-hybridized carbons (Fsp3) is 0.600. The number of hydrogen-bond donors (Lipinski definition) is 5. The van der Waals surface area contributed by atoms with Gasteiger partial charge in [0, 0.05) is 12.6 Å². The fourth-order valence-electron chi connectivity index (χ4n) is 2.06. The lowest BCUT2D eigenvalue weighted by molar-refractivity contribution is -0.0452. The van der Waals surface area contributed by atoms with Crippen molar-refractivity contribution in [2.24, 2.45) is 0 Å². The first kappa shape index (κ1) is 17.0. The zero-order valence-electron chi connectivity index (χ0n) is 11.2. The number of aliphatic hydroxyl groups excluding tert-OH is 2. The van der Waals surface area contributed by atoms with Crippen LogP contribution in [0.1, 0.15) is 18.2 Å². The van der Waals surface area contributed by atoms with Gasteiger partial charge in [-0.05, 0) is 0 Å². The van der Waals surface area contributed by atoms with Gasteiger partial charge in [0.2, 0.25) is 0 Å². The van der Waals surface area contributed by atoms with Crippen LogP contribution in [0.5, 0.6) is 0 Å². The summed E-state index contributed by atoms with van der Waals surface area (Å²) in [5, 5.41) is 18.8. The van der Waals surface area contributed by atoms with Crippen molar-refractivity contribution in [2.75, 3.05) is 6.61 Å². The smallest absolute Gasteiger partial charge is 0.391 e. The van der Waals surface area contributed by atoms with Crippen molar-refractivity contribution in [3.63, 3.8) is 0 Å². The SMILES string of the molecule is O=c1[nH]c(=O)n([C@H]2C[C@H](O)C(COP(=O)(O)O)O2)cc1CO. The second kappa shape index (κ2) is 6.42. The van der Waals surface area contributed by atoms with Crippen LogP contribution in [-0.4, -0.2) is 48.4 Å². The molecule has 2 heterocycles. The Morgan fingerprint density at radius 3 is 2.73 bits per heavy atom. The Morgan fingerprint density at radius 1 is 1.45 bits per heavy atom. The first-order chi connectivity index (χ1) is 10.2. The van der Waals surface area contributed by atoms with E-state index in [1.165, 1.54) is 0 Å². The Kier molecular flexibility index (Phi) is 4.97. The first-order valence-corrected chi connectivity index (χ1v) is 7.73. The lowest BCUT2D eigenvalue weighted by Gasteiger charge is -2.16. The molecule has 1 aromatic rings. The molecule has 12 heteroatoms. The van der Waals surface area contributed by atoms with Gasteiger partial charge >= 0.3 is 13.5 Å². The van der Waals surface area contributed by atoms with E-state index in [0.717, 1.165) is 10.8 Å². The van der Waals surface area contributed by atoms with Gasteiger partial charge in [-0.15, -0.1) is 0 Å². The number of hydrogen-bond acceptors (Lipinski definition) is 7. The van der Waals surface area contributed by atoms with Gasteiger partial charge in [-0.2, -0.15) is 0 Å². The number of phosphoric ester groups is 1. The van der Waals surface area contributed by atoms with Crippen molar-refractivity contribution in [3.05, 3.63) is 32.6 Å². The minimum absolute atomic E-state index is 0.0496. The highest BCUT2D eigenvalue weighted by Crippen LogP contribution is 2.38. The molecule has 0 saturated carbocycles. The molecule has 3 atom stereocenters. The van der Waals surface area contributed by atoms with Crippen LogP contribution in [0.3, 0.4) is 0 Å². The van der Waals surface area contributed by atoms with E-state index in [0.29, 0.717) is 0 Å². The molecule has 0 bridgehead atoms. The molecule has 0 amide bonds. The van der Waals surface area contributed by atoms with E-state index < -0.39 is 50.7 Å². The molecule has 0 spiro atoms. The van der Waals surface area contributed by atoms with Crippen LogP contribution in [0.2, 0.25) is 0 Å². The molecule has 124 valence electrons. The first-order valence-electron chi connectivity index (χ1n) is 6.20. The van der Waals surface area contributed by atoms with E-state index >= 15 is 0 Å². The minimum atomic E-state index is -4.71. The number of nitrogens with one attached hydrogen (secondary N) is 1. The summed E-state index contributed by atoms with van der Waals surface area (Å²) in [6.45, 7) is -1.15. The van der Waals surface area contributed by atoms with E-state index in [-0.39, 0.29) is 12.0 Å². The maximum atomic E-state index is 11.7. The molecule has 0 aliphatic carbocycles. The zero-order valence-corrected chi connectivity index (χ0v) is 12.0. The van der Waals surface area contributed by atoms with E-state index in [9.17, 15) is 19.3 Å². The summed E-state index contributed by atoms with van der Waals surface area (Å²) in [6.07, 6.45) is -2.08. The molecule has 1 fully saturated rings. The Balaban J connectivity index is 2.17. The van der Waals surface area contributed by atoms with E-state index in [2.05, 4.69) is 4.52 Å². The third-order valence-electron chi connectivity index (χ3n) is 3.13. The van der Waals surface area contributed by atoms with Gasteiger partial charge in [-0.1, -0.05) is 0 Å². The molecular formula is C10H15N2O9P. The number of nitrogens with zero attached hydrogens (tertiary/aromatic N) is 1. The van der Waals surface area contributed by atoms with Crippen LogP contribution < -0.4 is 11.2 Å². The van der Waals surface area contributed by atoms with Crippen LogP contribution in [0.4, 0.5) is 0 Å². The van der Waals surface area contributed by atoms with Gasteiger partial charge in [-0.3, -0.25) is 18.9 Å². The van der Waals surface area contributed by atoms with Gasteiger partial charge in [0.1, 0.15) is 12.3 Å². The Hall–Kier alpha value is -1.33. The van der Waals surface area contributed by atoms with Crippen LogP contribution >= 0.6 is 7.82 Å². The number of H-pyrrole nitrogens is 1. The molecule has 2 rings (SSSR count). The number of aliphatic hydroxyl groups is 2. The van der Waals surface area contributed by atoms with Crippen LogP contribution in [0.15, 0.2) is 15.8 Å². The highest BCUT2D eigenvalue weighted by Gasteiger charge is 2.37. The summed E-state index contributed by atoms with van der Waals surface area (Å²) in [5.74, 6) is 0. The molecule has 1 saturated heterocycles. The average molecular weight is 338 g/mol. The Labute approximate surface area is 123 Å². The van der Waals surface area contributed by atoms with Crippen molar-refractivity contribution in [1.82, 2.24) is 9.55 Å². The normalized spacial score (nSPS) is 25.5. The number of aromatic nitrogens is 2. The van der Waals surface area contributed by atoms with Gasteiger partial charge < -0.3 is 24.7 Å². The van der Waals surface area contributed by atoms with Gasteiger partial charge in [0.25, 0.3) is 5.56 Å². The maximum absolute atomic E-state index is 11.7. The molecule has 1 unspecified atom stereocenters. The summed E-state index contributed by atoms with van der Waals surface area (Å²) in [6, 6.07) is 0. The predicted octanol–water partition coefficient (Wildman–Crippen LogP) is -2.21. The zero-order chi connectivity index (χ0) is 16.5. The number of rotatable bonds is 5. The lowest BCUT2D eigenvalue weighted by atomic mass is 10.2. The summed E-state index contributed by atoms with van der Waals surface area (Å²) < 4.78 is 21.2. The second-order valence-electron chi connectivity index (χ2n) is 4.70. The fourth-order valence-corrected chi connectivity index (χ4v) is 2.40. The molecule has 22 heavy (non-hydrogen) atoms. The quantitative estimate of drug-likeness (QED) is 0.373. The summed E-state index contributed by atoms with van der Waals surface area (Å²) in [5.41, 5.74) is -1.59. The summed E-state index contributed by atoms with van der Waals surface area (Å²) >= 11 is 0. The van der Waals surface area contributed by atoms with Crippen molar-refractivity contribution < 1.29 is 33.8 Å². The topological polar surface area (TPSA) is 171 Å². The lowest BCUT2D eigenvalue weighted by Crippen LogP contribution is -2.34. The van der Waals surface area contributed by atoms with E-state index in [4.69, 9.17) is 19.6 Å². The van der Waals surface area contributed by atoms with Crippen molar-refractivity contribution in [3.8, 4) is 0 Å². The number of phosphoric acid groups is 1. The highest BCUT2D eigenvalue weighted by atomic mass is 31.2. The van der Waals surface area contributed by atoms with Crippen LogP contribution in [-0.2, 0) is 20.4 Å². The van der Waals surface area contributed by atoms with Gasteiger partial charge in [0.15, 0.2) is 0 Å². The molecule has 5 N–H and O–H groups in total. The van der Waals surface area contributed by atoms with Gasteiger partial charge in [-0.25, -0.2) is 9.36 Å². The molecule has 1 aromatic heterocycles. The Bertz CT molecular complexity index is 692. The molecule has 1 aliphatic heterocycles. The molecule has 0 radical (unpaired) electrons. The summed E-state index contributed by atoms with van der Waals surface area (Å²) in [7, 11) is -4.71. The van der Waals surface area contributed by atoms with Crippen LogP contribution in [0, 0.1) is 0 Å². The summed E-state index contributed by atoms with van der Waals surface area (Å²) in [4.78, 5) is 42.3. The molecule has 0 aromatic carbocycles. The largest absolute Gasteiger partial charge is 0.469 e. The van der Waals surface area contributed by atoms with Crippen molar-refractivity contribution in [2.45, 2.75) is 31.5 Å². The monoisotopic (exact) mass is 338 g/mol. The van der Waals surface area contributed by atoms with Crippen molar-refractivity contribution >= 4 is 7.82 Å². The average Bonchev–Trinajstić information content (AvgIpc) is 2.77. The molecule has 11 nitrogen and oxygen atoms in total. The van der Waals surface area contributed by atoms with E-state index in [1.807, 2.05) is 4.98 Å². The predicted molar refractivity (Wildman–Crippen MR) is 69.8 cm³/mol.